The molecule has 0 unspecified atom stereocenters. The highest BCUT2D eigenvalue weighted by Crippen LogP contribution is 2.16. The first-order valence-electron chi connectivity index (χ1n) is 3.79. The Bertz CT molecular complexity index is 428. The van der Waals surface area contributed by atoms with Crippen molar-refractivity contribution < 1.29 is 4.42 Å². The molecule has 0 saturated heterocycles. The van der Waals surface area contributed by atoms with Crippen molar-refractivity contribution in [3.05, 3.63) is 36.2 Å². The fourth-order valence-corrected chi connectivity index (χ4v) is 1.18. The van der Waals surface area contributed by atoms with Gasteiger partial charge in [0.15, 0.2) is 11.5 Å². The van der Waals surface area contributed by atoms with E-state index in [1.54, 1.807) is 6.08 Å². The Hall–Kier alpha value is -1.57. The van der Waals surface area contributed by atoms with Gasteiger partial charge in [-0.2, -0.15) is 0 Å². The second-order valence-corrected chi connectivity index (χ2v) is 2.66. The van der Waals surface area contributed by atoms with Gasteiger partial charge >= 0.3 is 0 Å². The fourth-order valence-electron chi connectivity index (χ4n) is 1.18. The van der Waals surface area contributed by atoms with Gasteiger partial charge in [-0.25, -0.2) is 4.98 Å². The van der Waals surface area contributed by atoms with Crippen molar-refractivity contribution in [1.82, 2.24) is 4.98 Å². The average Bonchev–Trinajstić information content (AvgIpc) is 2.43. The molecule has 0 aliphatic heterocycles. The van der Waals surface area contributed by atoms with E-state index < -0.39 is 0 Å². The molecule has 0 aliphatic rings. The maximum absolute atomic E-state index is 5.35. The van der Waals surface area contributed by atoms with Crippen LogP contribution in [0.25, 0.3) is 17.2 Å². The molecule has 0 N–H and O–H groups in total. The molecule has 1 aromatic heterocycles. The predicted octanol–water partition coefficient (Wildman–Crippen LogP) is 2.78. The number of aryl methyl sites for hydroxylation is 1. The lowest BCUT2D eigenvalue weighted by molar-refractivity contribution is 0.561. The number of oxazole rings is 1. The molecule has 0 spiro atoms. The summed E-state index contributed by atoms with van der Waals surface area (Å²) in [6.45, 7) is 5.52. The normalized spacial score (nSPS) is 10.4. The third-order valence-corrected chi connectivity index (χ3v) is 1.76. The molecule has 0 fully saturated rings. The highest BCUT2D eigenvalue weighted by molar-refractivity contribution is 5.75. The Morgan fingerprint density at radius 3 is 3.08 bits per heavy atom. The lowest BCUT2D eigenvalue weighted by Gasteiger charge is -1.89. The zero-order valence-electron chi connectivity index (χ0n) is 6.87. The summed E-state index contributed by atoms with van der Waals surface area (Å²) in [4.78, 5) is 4.19. The van der Waals surface area contributed by atoms with Gasteiger partial charge in [-0.3, -0.25) is 0 Å². The molecule has 0 aliphatic carbocycles. The van der Waals surface area contributed by atoms with Crippen LogP contribution in [0.15, 0.2) is 29.2 Å². The van der Waals surface area contributed by atoms with Gasteiger partial charge in [0.1, 0.15) is 5.52 Å². The maximum Gasteiger partial charge on any atom is 0.192 e. The van der Waals surface area contributed by atoms with Crippen LogP contribution in [-0.2, 0) is 0 Å². The molecule has 12 heavy (non-hydrogen) atoms. The summed E-state index contributed by atoms with van der Waals surface area (Å²) >= 11 is 0. The van der Waals surface area contributed by atoms with Gasteiger partial charge in [0.05, 0.1) is 0 Å². The number of rotatable bonds is 1. The molecule has 0 radical (unpaired) electrons. The minimum atomic E-state index is 0.700. The van der Waals surface area contributed by atoms with Crippen LogP contribution < -0.4 is 0 Å². The molecule has 0 bridgehead atoms. The molecule has 0 amide bonds. The average molecular weight is 159 g/mol. The first-order valence-corrected chi connectivity index (χ1v) is 3.79. The van der Waals surface area contributed by atoms with Crippen LogP contribution >= 0.6 is 0 Å². The van der Waals surface area contributed by atoms with Gasteiger partial charge in [-0.1, -0.05) is 18.7 Å². The lowest BCUT2D eigenvalue weighted by Crippen LogP contribution is -1.70. The van der Waals surface area contributed by atoms with Gasteiger partial charge in [0, 0.05) is 6.92 Å². The summed E-state index contributed by atoms with van der Waals surface area (Å²) in [6, 6.07) is 5.84. The summed E-state index contributed by atoms with van der Waals surface area (Å²) in [6.07, 6.45) is 1.79. The molecule has 0 atom stereocenters. The topological polar surface area (TPSA) is 26.0 Å². The number of benzene rings is 1. The lowest BCUT2D eigenvalue weighted by atomic mass is 10.2. The smallest absolute Gasteiger partial charge is 0.192 e. The SMILES string of the molecule is C=Cc1ccc2nc(C)oc2c1. The number of fused-ring (bicyclic) bond motifs is 1. The van der Waals surface area contributed by atoms with E-state index in [-0.39, 0.29) is 0 Å². The second-order valence-electron chi connectivity index (χ2n) is 2.66. The molecular weight excluding hydrogens is 150 g/mol. The van der Waals surface area contributed by atoms with Gasteiger partial charge in [0.25, 0.3) is 0 Å². The van der Waals surface area contributed by atoms with E-state index in [2.05, 4.69) is 11.6 Å². The molecular formula is C10H9NO. The first-order chi connectivity index (χ1) is 5.79. The first kappa shape index (κ1) is 7.10. The quantitative estimate of drug-likeness (QED) is 0.639. The van der Waals surface area contributed by atoms with Crippen LogP contribution in [0, 0.1) is 6.92 Å². The van der Waals surface area contributed by atoms with Crippen molar-refractivity contribution in [2.45, 2.75) is 6.92 Å². The van der Waals surface area contributed by atoms with E-state index in [0.29, 0.717) is 5.89 Å². The number of hydrogen-bond acceptors (Lipinski definition) is 2. The van der Waals surface area contributed by atoms with Crippen molar-refractivity contribution in [2.24, 2.45) is 0 Å². The van der Waals surface area contributed by atoms with E-state index in [4.69, 9.17) is 4.42 Å². The summed E-state index contributed by atoms with van der Waals surface area (Å²) in [5.74, 6) is 0.700. The van der Waals surface area contributed by atoms with E-state index in [1.807, 2.05) is 25.1 Å². The molecule has 60 valence electrons. The predicted molar refractivity (Wildman–Crippen MR) is 48.8 cm³/mol. The maximum atomic E-state index is 5.35. The minimum Gasteiger partial charge on any atom is -0.441 e. The molecule has 2 aromatic rings. The van der Waals surface area contributed by atoms with Crippen molar-refractivity contribution in [3.63, 3.8) is 0 Å². The van der Waals surface area contributed by atoms with Crippen molar-refractivity contribution in [2.75, 3.05) is 0 Å². The van der Waals surface area contributed by atoms with Crippen LogP contribution in [0.5, 0.6) is 0 Å². The summed E-state index contributed by atoms with van der Waals surface area (Å²) < 4.78 is 5.35. The molecule has 1 aromatic carbocycles. The standard InChI is InChI=1S/C10H9NO/c1-3-8-4-5-9-10(6-8)12-7(2)11-9/h3-6H,1H2,2H3. The van der Waals surface area contributed by atoms with Crippen molar-refractivity contribution in [1.29, 1.82) is 0 Å². The molecule has 1 heterocycles. The Balaban J connectivity index is 2.74. The zero-order chi connectivity index (χ0) is 8.55. The van der Waals surface area contributed by atoms with Gasteiger partial charge in [-0.05, 0) is 17.7 Å². The van der Waals surface area contributed by atoms with E-state index in [9.17, 15) is 0 Å². The van der Waals surface area contributed by atoms with Crippen LogP contribution in [0.4, 0.5) is 0 Å². The zero-order valence-corrected chi connectivity index (χ0v) is 6.87. The fraction of sp³-hybridized carbons (Fsp3) is 0.100. The summed E-state index contributed by atoms with van der Waals surface area (Å²) in [7, 11) is 0. The Morgan fingerprint density at radius 1 is 1.50 bits per heavy atom. The number of hydrogen-bond donors (Lipinski definition) is 0. The molecule has 2 nitrogen and oxygen atoms in total. The van der Waals surface area contributed by atoms with Crippen molar-refractivity contribution in [3.8, 4) is 0 Å². The van der Waals surface area contributed by atoms with Crippen LogP contribution in [0.2, 0.25) is 0 Å². The summed E-state index contributed by atoms with van der Waals surface area (Å²) in [5.41, 5.74) is 2.78. The molecule has 0 saturated carbocycles. The van der Waals surface area contributed by atoms with Gasteiger partial charge < -0.3 is 4.42 Å². The van der Waals surface area contributed by atoms with Gasteiger partial charge in [0.2, 0.25) is 0 Å². The van der Waals surface area contributed by atoms with E-state index >= 15 is 0 Å². The number of nitrogens with zero attached hydrogens (tertiary/aromatic N) is 1. The van der Waals surface area contributed by atoms with Crippen LogP contribution in [0.1, 0.15) is 11.5 Å². The van der Waals surface area contributed by atoms with E-state index in [0.717, 1.165) is 16.7 Å². The summed E-state index contributed by atoms with van der Waals surface area (Å²) in [5, 5.41) is 0. The number of aromatic nitrogens is 1. The monoisotopic (exact) mass is 159 g/mol. The Kier molecular flexibility index (Phi) is 1.47. The minimum absolute atomic E-state index is 0.700. The van der Waals surface area contributed by atoms with Crippen LogP contribution in [0.3, 0.4) is 0 Å². The third-order valence-electron chi connectivity index (χ3n) is 1.76. The molecule has 2 heteroatoms. The molecule has 2 rings (SSSR count). The second kappa shape index (κ2) is 2.48. The van der Waals surface area contributed by atoms with Gasteiger partial charge in [-0.15, -0.1) is 0 Å². The Morgan fingerprint density at radius 2 is 2.33 bits per heavy atom. The van der Waals surface area contributed by atoms with Crippen molar-refractivity contribution >= 4 is 17.2 Å². The van der Waals surface area contributed by atoms with Crippen LogP contribution in [-0.4, -0.2) is 4.98 Å². The highest BCUT2D eigenvalue weighted by Gasteiger charge is 2.00. The largest absolute Gasteiger partial charge is 0.441 e. The Labute approximate surface area is 70.5 Å². The van der Waals surface area contributed by atoms with E-state index in [1.165, 1.54) is 0 Å². The third kappa shape index (κ3) is 1.01. The highest BCUT2D eigenvalue weighted by atomic mass is 16.3.